The van der Waals surface area contributed by atoms with Crippen LogP contribution in [0.1, 0.15) is 44.9 Å². The van der Waals surface area contributed by atoms with Gasteiger partial charge in [-0.2, -0.15) is 0 Å². The predicted molar refractivity (Wildman–Crippen MR) is 73.3 cm³/mol. The zero-order valence-electron chi connectivity index (χ0n) is 11.4. The van der Waals surface area contributed by atoms with E-state index in [1.54, 1.807) is 0 Å². The number of carbonyl (C=O) groups is 1. The number of nitrogens with zero attached hydrogens (tertiary/aromatic N) is 2. The van der Waals surface area contributed by atoms with E-state index in [9.17, 15) is 4.79 Å². The van der Waals surface area contributed by atoms with Gasteiger partial charge in [0.05, 0.1) is 0 Å². The van der Waals surface area contributed by atoms with Crippen molar-refractivity contribution in [3.05, 3.63) is 0 Å². The van der Waals surface area contributed by atoms with Crippen LogP contribution in [-0.4, -0.2) is 54.5 Å². The lowest BCUT2D eigenvalue weighted by Gasteiger charge is -2.27. The Balaban J connectivity index is 1.78. The van der Waals surface area contributed by atoms with Gasteiger partial charge in [-0.3, -0.25) is 9.69 Å². The van der Waals surface area contributed by atoms with Gasteiger partial charge in [0.1, 0.15) is 0 Å². The Hall–Kier alpha value is -0.610. The van der Waals surface area contributed by atoms with Crippen LogP contribution in [0.25, 0.3) is 0 Å². The van der Waals surface area contributed by atoms with Crippen molar-refractivity contribution in [1.82, 2.24) is 9.80 Å². The van der Waals surface area contributed by atoms with E-state index in [4.69, 9.17) is 5.73 Å². The Morgan fingerprint density at radius 2 is 1.83 bits per heavy atom. The Morgan fingerprint density at radius 1 is 1.06 bits per heavy atom. The van der Waals surface area contributed by atoms with Gasteiger partial charge in [-0.1, -0.05) is 12.8 Å². The summed E-state index contributed by atoms with van der Waals surface area (Å²) in [7, 11) is 0. The van der Waals surface area contributed by atoms with Crippen LogP contribution in [0.4, 0.5) is 0 Å². The number of carbonyl (C=O) groups excluding carboxylic acids is 1. The highest BCUT2D eigenvalue weighted by atomic mass is 16.2. The molecule has 0 spiro atoms. The average molecular weight is 253 g/mol. The fraction of sp³-hybridized carbons (Fsp3) is 0.929. The number of hydrogen-bond acceptors (Lipinski definition) is 3. The second-order valence-corrected chi connectivity index (χ2v) is 5.60. The van der Waals surface area contributed by atoms with Gasteiger partial charge in [0.2, 0.25) is 5.91 Å². The molecule has 2 rings (SSSR count). The molecule has 0 bridgehead atoms. The largest absolute Gasteiger partial charge is 0.341 e. The highest BCUT2D eigenvalue weighted by molar-refractivity contribution is 5.76. The Bertz CT molecular complexity index is 264. The molecule has 1 amide bonds. The summed E-state index contributed by atoms with van der Waals surface area (Å²) in [6.45, 7) is 4.71. The van der Waals surface area contributed by atoms with Gasteiger partial charge in [-0.15, -0.1) is 0 Å². The van der Waals surface area contributed by atoms with E-state index in [1.165, 1.54) is 32.2 Å². The summed E-state index contributed by atoms with van der Waals surface area (Å²) < 4.78 is 0. The SMILES string of the molecule is NCCCC(=O)N1CCCN(C2CCCC2)CC1. The van der Waals surface area contributed by atoms with Crippen LogP contribution in [0.2, 0.25) is 0 Å². The maximum Gasteiger partial charge on any atom is 0.222 e. The molecule has 4 heteroatoms. The van der Waals surface area contributed by atoms with Crippen molar-refractivity contribution in [2.45, 2.75) is 51.0 Å². The van der Waals surface area contributed by atoms with E-state index in [0.29, 0.717) is 18.9 Å². The fourth-order valence-corrected chi connectivity index (χ4v) is 3.23. The predicted octanol–water partition coefficient (Wildman–Crippen LogP) is 1.20. The molecule has 104 valence electrons. The van der Waals surface area contributed by atoms with Crippen LogP contribution in [0.3, 0.4) is 0 Å². The standard InChI is InChI=1S/C14H27N3O/c15-8-3-7-14(18)17-10-4-9-16(11-12-17)13-5-1-2-6-13/h13H,1-12,15H2. The quantitative estimate of drug-likeness (QED) is 0.819. The van der Waals surface area contributed by atoms with Crippen LogP contribution in [0.15, 0.2) is 0 Å². The van der Waals surface area contributed by atoms with E-state index in [2.05, 4.69) is 4.90 Å². The van der Waals surface area contributed by atoms with Crippen molar-refractivity contribution < 1.29 is 4.79 Å². The summed E-state index contributed by atoms with van der Waals surface area (Å²) in [6, 6.07) is 0.795. The summed E-state index contributed by atoms with van der Waals surface area (Å²) in [5, 5.41) is 0. The highest BCUT2D eigenvalue weighted by Gasteiger charge is 2.25. The maximum atomic E-state index is 12.0. The minimum Gasteiger partial charge on any atom is -0.341 e. The molecule has 4 nitrogen and oxygen atoms in total. The van der Waals surface area contributed by atoms with E-state index in [0.717, 1.165) is 38.5 Å². The van der Waals surface area contributed by atoms with Gasteiger partial charge < -0.3 is 10.6 Å². The lowest BCUT2D eigenvalue weighted by atomic mass is 10.2. The highest BCUT2D eigenvalue weighted by Crippen LogP contribution is 2.24. The molecular formula is C14H27N3O. The third-order valence-corrected chi connectivity index (χ3v) is 4.32. The number of amides is 1. The van der Waals surface area contributed by atoms with Gasteiger partial charge in [-0.05, 0) is 32.2 Å². The lowest BCUT2D eigenvalue weighted by Crippen LogP contribution is -2.38. The van der Waals surface area contributed by atoms with Crippen molar-refractivity contribution in [1.29, 1.82) is 0 Å². The van der Waals surface area contributed by atoms with Gasteiger partial charge in [0, 0.05) is 38.6 Å². The van der Waals surface area contributed by atoms with E-state index >= 15 is 0 Å². The molecule has 2 fully saturated rings. The van der Waals surface area contributed by atoms with E-state index < -0.39 is 0 Å². The number of nitrogens with two attached hydrogens (primary N) is 1. The molecule has 0 aromatic heterocycles. The zero-order chi connectivity index (χ0) is 12.8. The third kappa shape index (κ3) is 3.69. The van der Waals surface area contributed by atoms with Gasteiger partial charge in [-0.25, -0.2) is 0 Å². The molecule has 0 unspecified atom stereocenters. The summed E-state index contributed by atoms with van der Waals surface area (Å²) in [5.41, 5.74) is 5.46. The summed E-state index contributed by atoms with van der Waals surface area (Å²) >= 11 is 0. The fourth-order valence-electron chi connectivity index (χ4n) is 3.23. The van der Waals surface area contributed by atoms with Crippen LogP contribution in [0.5, 0.6) is 0 Å². The van der Waals surface area contributed by atoms with Crippen LogP contribution in [0, 0.1) is 0 Å². The number of hydrogen-bond donors (Lipinski definition) is 1. The minimum absolute atomic E-state index is 0.300. The van der Waals surface area contributed by atoms with Gasteiger partial charge in [0.25, 0.3) is 0 Å². The normalized spacial score (nSPS) is 23.3. The first kappa shape index (κ1) is 13.8. The summed E-state index contributed by atoms with van der Waals surface area (Å²) in [5.74, 6) is 0.300. The molecule has 2 aliphatic rings. The Kier molecular flexibility index (Phi) is 5.45. The van der Waals surface area contributed by atoms with Crippen LogP contribution < -0.4 is 5.73 Å². The van der Waals surface area contributed by atoms with Crippen LogP contribution in [-0.2, 0) is 4.79 Å². The zero-order valence-corrected chi connectivity index (χ0v) is 11.4. The molecule has 2 N–H and O–H groups in total. The summed E-state index contributed by atoms with van der Waals surface area (Å²) in [6.07, 6.45) is 8.08. The monoisotopic (exact) mass is 253 g/mol. The smallest absolute Gasteiger partial charge is 0.222 e. The minimum atomic E-state index is 0.300. The molecule has 1 aliphatic carbocycles. The molecule has 1 saturated heterocycles. The summed E-state index contributed by atoms with van der Waals surface area (Å²) in [4.78, 5) is 16.7. The van der Waals surface area contributed by atoms with Crippen molar-refractivity contribution >= 4 is 5.91 Å². The molecule has 1 heterocycles. The maximum absolute atomic E-state index is 12.0. The van der Waals surface area contributed by atoms with Crippen molar-refractivity contribution in [2.24, 2.45) is 5.73 Å². The topological polar surface area (TPSA) is 49.6 Å². The van der Waals surface area contributed by atoms with Gasteiger partial charge >= 0.3 is 0 Å². The first-order valence-corrected chi connectivity index (χ1v) is 7.53. The van der Waals surface area contributed by atoms with E-state index in [1.807, 2.05) is 4.90 Å². The van der Waals surface area contributed by atoms with Crippen molar-refractivity contribution in [2.75, 3.05) is 32.7 Å². The van der Waals surface area contributed by atoms with Gasteiger partial charge in [0.15, 0.2) is 0 Å². The molecule has 18 heavy (non-hydrogen) atoms. The molecule has 0 atom stereocenters. The molecule has 0 radical (unpaired) electrons. The first-order chi connectivity index (χ1) is 8.81. The Morgan fingerprint density at radius 3 is 2.56 bits per heavy atom. The number of rotatable bonds is 4. The first-order valence-electron chi connectivity index (χ1n) is 7.53. The molecular weight excluding hydrogens is 226 g/mol. The second kappa shape index (κ2) is 7.10. The third-order valence-electron chi connectivity index (χ3n) is 4.32. The average Bonchev–Trinajstić information content (AvgIpc) is 2.80. The van der Waals surface area contributed by atoms with Crippen LogP contribution >= 0.6 is 0 Å². The molecule has 0 aromatic carbocycles. The van der Waals surface area contributed by atoms with E-state index in [-0.39, 0.29) is 0 Å². The second-order valence-electron chi connectivity index (χ2n) is 5.60. The lowest BCUT2D eigenvalue weighted by molar-refractivity contribution is -0.131. The molecule has 0 aromatic rings. The Labute approximate surface area is 110 Å². The van der Waals surface area contributed by atoms with Crippen molar-refractivity contribution in [3.8, 4) is 0 Å². The molecule has 1 saturated carbocycles. The molecule has 1 aliphatic heterocycles. The van der Waals surface area contributed by atoms with Crippen molar-refractivity contribution in [3.63, 3.8) is 0 Å².